The average Bonchev–Trinajstić information content (AvgIpc) is 2.87. The second-order valence-corrected chi connectivity index (χ2v) is 7.48. The van der Waals surface area contributed by atoms with Crippen molar-refractivity contribution in [3.63, 3.8) is 0 Å². The minimum absolute atomic E-state index is 0.0214. The van der Waals surface area contributed by atoms with E-state index in [2.05, 4.69) is 5.10 Å². The van der Waals surface area contributed by atoms with Gasteiger partial charge in [0.2, 0.25) is 0 Å². The molecule has 0 saturated carbocycles. The Morgan fingerprint density at radius 2 is 1.89 bits per heavy atom. The van der Waals surface area contributed by atoms with Crippen molar-refractivity contribution < 1.29 is 23.4 Å². The normalized spacial score (nSPS) is 23.7. The highest BCUT2D eigenvalue weighted by molar-refractivity contribution is 5.95. The van der Waals surface area contributed by atoms with Crippen LogP contribution in [0.4, 0.5) is 8.78 Å². The van der Waals surface area contributed by atoms with E-state index in [-0.39, 0.29) is 36.8 Å². The number of amides is 1. The van der Waals surface area contributed by atoms with Crippen LogP contribution in [-0.2, 0) is 23.8 Å². The lowest BCUT2D eigenvalue weighted by atomic mass is 9.85. The van der Waals surface area contributed by atoms with Crippen molar-refractivity contribution in [3.8, 4) is 0 Å². The lowest BCUT2D eigenvalue weighted by molar-refractivity contribution is -0.0869. The third kappa shape index (κ3) is 2.93. The first-order valence-electron chi connectivity index (χ1n) is 8.87. The van der Waals surface area contributed by atoms with Gasteiger partial charge in [-0.05, 0) is 31.5 Å². The lowest BCUT2D eigenvalue weighted by Crippen LogP contribution is -2.61. The Balaban J connectivity index is 1.57. The molecule has 2 aliphatic heterocycles. The highest BCUT2D eigenvalue weighted by atomic mass is 19.1. The number of carbonyl (C=O) groups excluding carboxylic acids is 1. The molecule has 8 heteroatoms. The number of likely N-dealkylation sites (tertiary alicyclic amines) is 1. The number of ether oxygens (including phenoxy) is 1. The predicted octanol–water partition coefficient (Wildman–Crippen LogP) is 2.06. The van der Waals surface area contributed by atoms with E-state index in [1.165, 1.54) is 4.90 Å². The summed E-state index contributed by atoms with van der Waals surface area (Å²) in [5, 5.41) is 15.0. The maximum Gasteiger partial charge on any atom is 0.274 e. The van der Waals surface area contributed by atoms with Crippen molar-refractivity contribution in [1.29, 1.82) is 0 Å². The summed E-state index contributed by atoms with van der Waals surface area (Å²) in [7, 11) is 1.77. The highest BCUT2D eigenvalue weighted by Crippen LogP contribution is 2.36. The van der Waals surface area contributed by atoms with E-state index in [4.69, 9.17) is 4.74 Å². The van der Waals surface area contributed by atoms with Gasteiger partial charge in [-0.1, -0.05) is 0 Å². The molecule has 1 N–H and O–H groups in total. The van der Waals surface area contributed by atoms with E-state index in [9.17, 15) is 18.7 Å². The van der Waals surface area contributed by atoms with Crippen LogP contribution in [0.5, 0.6) is 0 Å². The molecule has 1 aromatic carbocycles. The SMILES string of the molecule is C[C@@H]1Cc2c(C(=O)N3CC(O)(c4cc(F)cc(F)c4)C3)nn(C)c2[C@H](C)O1. The molecular weight excluding hydrogens is 356 g/mol. The van der Waals surface area contributed by atoms with Gasteiger partial charge in [0.25, 0.3) is 5.91 Å². The van der Waals surface area contributed by atoms with E-state index in [0.29, 0.717) is 12.1 Å². The van der Waals surface area contributed by atoms with Gasteiger partial charge in [-0.25, -0.2) is 8.78 Å². The Morgan fingerprint density at radius 1 is 1.26 bits per heavy atom. The zero-order valence-corrected chi connectivity index (χ0v) is 15.4. The van der Waals surface area contributed by atoms with Crippen LogP contribution in [0.3, 0.4) is 0 Å². The summed E-state index contributed by atoms with van der Waals surface area (Å²) < 4.78 is 34.4. The number of carbonyl (C=O) groups is 1. The number of aliphatic hydroxyl groups is 1. The van der Waals surface area contributed by atoms with Crippen molar-refractivity contribution in [2.75, 3.05) is 13.1 Å². The highest BCUT2D eigenvalue weighted by Gasteiger charge is 2.47. The fraction of sp³-hybridized carbons (Fsp3) is 0.474. The topological polar surface area (TPSA) is 67.6 Å². The number of hydrogen-bond acceptors (Lipinski definition) is 4. The minimum Gasteiger partial charge on any atom is -0.381 e. The molecule has 6 nitrogen and oxygen atoms in total. The first-order chi connectivity index (χ1) is 12.7. The monoisotopic (exact) mass is 377 g/mol. The van der Waals surface area contributed by atoms with Gasteiger partial charge < -0.3 is 14.7 Å². The largest absolute Gasteiger partial charge is 0.381 e. The van der Waals surface area contributed by atoms with Gasteiger partial charge in [-0.3, -0.25) is 9.48 Å². The summed E-state index contributed by atoms with van der Waals surface area (Å²) in [5.41, 5.74) is 0.752. The number of β-amino-alcohol motifs (C(OH)–C–C–N with tert-alkyl or cyclic N) is 1. The standard InChI is InChI=1S/C19H21F2N3O3/c1-10-4-15-16(22-23(3)17(15)11(2)27-10)18(25)24-8-19(26,9-24)12-5-13(20)7-14(21)6-12/h5-7,10-11,26H,4,8-9H2,1-3H3/t10-,11+/m1/s1. The molecule has 2 aliphatic rings. The number of halogens is 2. The third-order valence-corrected chi connectivity index (χ3v) is 5.30. The van der Waals surface area contributed by atoms with Gasteiger partial charge in [-0.15, -0.1) is 0 Å². The predicted molar refractivity (Wildman–Crippen MR) is 92.0 cm³/mol. The molecule has 144 valence electrons. The van der Waals surface area contributed by atoms with E-state index >= 15 is 0 Å². The van der Waals surface area contributed by atoms with Gasteiger partial charge in [0.1, 0.15) is 17.2 Å². The van der Waals surface area contributed by atoms with Gasteiger partial charge in [0.05, 0.1) is 31.0 Å². The summed E-state index contributed by atoms with van der Waals surface area (Å²) in [5.74, 6) is -1.82. The van der Waals surface area contributed by atoms with Gasteiger partial charge in [0.15, 0.2) is 5.69 Å². The van der Waals surface area contributed by atoms with E-state index in [0.717, 1.165) is 29.5 Å². The molecular formula is C19H21F2N3O3. The quantitative estimate of drug-likeness (QED) is 0.870. The summed E-state index contributed by atoms with van der Waals surface area (Å²) in [4.78, 5) is 14.4. The molecule has 0 radical (unpaired) electrons. The van der Waals surface area contributed by atoms with Crippen LogP contribution < -0.4 is 0 Å². The first-order valence-corrected chi connectivity index (χ1v) is 8.87. The molecule has 1 aromatic heterocycles. The van der Waals surface area contributed by atoms with Crippen LogP contribution in [0.15, 0.2) is 18.2 Å². The lowest BCUT2D eigenvalue weighted by Gasteiger charge is -2.46. The van der Waals surface area contributed by atoms with Crippen molar-refractivity contribution in [2.24, 2.45) is 7.05 Å². The second-order valence-electron chi connectivity index (χ2n) is 7.48. The summed E-state index contributed by atoms with van der Waals surface area (Å²) >= 11 is 0. The zero-order valence-electron chi connectivity index (χ0n) is 15.4. The molecule has 1 saturated heterocycles. The first kappa shape index (κ1) is 18.1. The Labute approximate surface area is 155 Å². The summed E-state index contributed by atoms with van der Waals surface area (Å²) in [6, 6.07) is 2.93. The maximum absolute atomic E-state index is 13.4. The average molecular weight is 377 g/mol. The third-order valence-electron chi connectivity index (χ3n) is 5.30. The molecule has 1 fully saturated rings. The Bertz CT molecular complexity index is 901. The molecule has 3 heterocycles. The van der Waals surface area contributed by atoms with Crippen LogP contribution >= 0.6 is 0 Å². The number of aryl methyl sites for hydroxylation is 1. The molecule has 0 aliphatic carbocycles. The summed E-state index contributed by atoms with van der Waals surface area (Å²) in [6.07, 6.45) is 0.403. The van der Waals surface area contributed by atoms with Gasteiger partial charge >= 0.3 is 0 Å². The van der Waals surface area contributed by atoms with Crippen molar-refractivity contribution in [1.82, 2.24) is 14.7 Å². The van der Waals surface area contributed by atoms with E-state index in [1.54, 1.807) is 11.7 Å². The minimum atomic E-state index is -1.46. The van der Waals surface area contributed by atoms with E-state index in [1.807, 2.05) is 13.8 Å². The number of aromatic nitrogens is 2. The summed E-state index contributed by atoms with van der Waals surface area (Å²) in [6.45, 7) is 3.79. The Morgan fingerprint density at radius 3 is 2.52 bits per heavy atom. The molecule has 1 amide bonds. The smallest absolute Gasteiger partial charge is 0.274 e. The molecule has 2 atom stereocenters. The molecule has 2 aromatic rings. The molecule has 0 bridgehead atoms. The van der Waals surface area contributed by atoms with Crippen molar-refractivity contribution in [2.45, 2.75) is 38.1 Å². The number of rotatable bonds is 2. The van der Waals surface area contributed by atoms with Crippen LogP contribution in [0.25, 0.3) is 0 Å². The number of nitrogens with zero attached hydrogens (tertiary/aromatic N) is 3. The molecule has 0 spiro atoms. The maximum atomic E-state index is 13.4. The Kier molecular flexibility index (Phi) is 4.08. The fourth-order valence-electron chi connectivity index (χ4n) is 4.09. The van der Waals surface area contributed by atoms with Gasteiger partial charge in [0, 0.05) is 25.1 Å². The van der Waals surface area contributed by atoms with Crippen molar-refractivity contribution in [3.05, 3.63) is 52.3 Å². The molecule has 0 unspecified atom stereocenters. The number of fused-ring (bicyclic) bond motifs is 1. The van der Waals surface area contributed by atoms with Crippen LogP contribution in [0, 0.1) is 11.6 Å². The van der Waals surface area contributed by atoms with Gasteiger partial charge in [-0.2, -0.15) is 5.10 Å². The second kappa shape index (κ2) is 6.10. The number of hydrogen-bond donors (Lipinski definition) is 1. The van der Waals surface area contributed by atoms with Crippen LogP contribution in [0.1, 0.15) is 47.3 Å². The molecule has 4 rings (SSSR count). The van der Waals surface area contributed by atoms with Crippen LogP contribution in [-0.4, -0.2) is 44.9 Å². The zero-order chi connectivity index (χ0) is 19.5. The van der Waals surface area contributed by atoms with Crippen molar-refractivity contribution >= 4 is 5.91 Å². The molecule has 27 heavy (non-hydrogen) atoms. The van der Waals surface area contributed by atoms with E-state index < -0.39 is 17.2 Å². The fourth-order valence-corrected chi connectivity index (χ4v) is 4.09. The van der Waals surface area contributed by atoms with Crippen LogP contribution in [0.2, 0.25) is 0 Å². The number of benzene rings is 1. The Hall–Kier alpha value is -2.32.